The molecule has 0 radical (unpaired) electrons. The van der Waals surface area contributed by atoms with Gasteiger partial charge in [0.2, 0.25) is 0 Å². The highest BCUT2D eigenvalue weighted by Crippen LogP contribution is 2.29. The van der Waals surface area contributed by atoms with Gasteiger partial charge < -0.3 is 9.47 Å². The van der Waals surface area contributed by atoms with E-state index in [1.165, 1.54) is 7.11 Å². The van der Waals surface area contributed by atoms with Crippen LogP contribution < -0.4 is 4.74 Å². The van der Waals surface area contributed by atoms with Gasteiger partial charge in [-0.05, 0) is 20.3 Å². The van der Waals surface area contributed by atoms with Crippen molar-refractivity contribution < 1.29 is 14.3 Å². The van der Waals surface area contributed by atoms with E-state index >= 15 is 0 Å². The van der Waals surface area contributed by atoms with Gasteiger partial charge in [-0.1, -0.05) is 19.6 Å². The monoisotopic (exact) mass is 249 g/mol. The first-order valence-corrected chi connectivity index (χ1v) is 5.88. The zero-order chi connectivity index (χ0) is 13.7. The van der Waals surface area contributed by atoms with E-state index in [9.17, 15) is 4.79 Å². The third-order valence-electron chi connectivity index (χ3n) is 2.77. The Hall–Kier alpha value is -1.84. The van der Waals surface area contributed by atoms with Crippen molar-refractivity contribution in [3.05, 3.63) is 35.2 Å². The summed E-state index contributed by atoms with van der Waals surface area (Å²) in [6, 6.07) is 0. The van der Waals surface area contributed by atoms with E-state index in [1.807, 2.05) is 20.8 Å². The van der Waals surface area contributed by atoms with Crippen molar-refractivity contribution >= 4 is 5.97 Å². The van der Waals surface area contributed by atoms with Crippen LogP contribution in [0.4, 0.5) is 0 Å². The number of carbonyl (C=O) groups is 1. The standard InChI is InChI=1S/C14H19NO3/c1-6-8-18-13-9(3)10(4)15-11(7-2)12(13)14(16)17-5/h6H,1,7-8H2,2-5H3. The lowest BCUT2D eigenvalue weighted by atomic mass is 10.0. The molecule has 0 unspecified atom stereocenters. The number of rotatable bonds is 5. The summed E-state index contributed by atoms with van der Waals surface area (Å²) >= 11 is 0. The molecule has 98 valence electrons. The van der Waals surface area contributed by atoms with Crippen molar-refractivity contribution in [2.45, 2.75) is 27.2 Å². The molecule has 0 N–H and O–H groups in total. The molecule has 0 aromatic carbocycles. The number of aromatic nitrogens is 1. The summed E-state index contributed by atoms with van der Waals surface area (Å²) in [5.74, 6) is 0.132. The first-order chi connectivity index (χ1) is 8.56. The molecule has 0 aliphatic heterocycles. The van der Waals surface area contributed by atoms with Crippen LogP contribution in [0.2, 0.25) is 0 Å². The van der Waals surface area contributed by atoms with Crippen LogP contribution in [0.15, 0.2) is 12.7 Å². The fraction of sp³-hybridized carbons (Fsp3) is 0.429. The summed E-state index contributed by atoms with van der Waals surface area (Å²) in [5, 5.41) is 0. The minimum absolute atomic E-state index is 0.345. The Morgan fingerprint density at radius 2 is 2.11 bits per heavy atom. The van der Waals surface area contributed by atoms with Crippen molar-refractivity contribution in [3.63, 3.8) is 0 Å². The van der Waals surface area contributed by atoms with E-state index in [0.717, 1.165) is 11.3 Å². The molecule has 4 nitrogen and oxygen atoms in total. The highest BCUT2D eigenvalue weighted by Gasteiger charge is 2.22. The van der Waals surface area contributed by atoms with E-state index in [1.54, 1.807) is 6.08 Å². The van der Waals surface area contributed by atoms with Crippen LogP contribution in [-0.2, 0) is 11.2 Å². The van der Waals surface area contributed by atoms with Gasteiger partial charge >= 0.3 is 5.97 Å². The summed E-state index contributed by atoms with van der Waals surface area (Å²) < 4.78 is 10.4. The Labute approximate surface area is 108 Å². The van der Waals surface area contributed by atoms with Crippen LogP contribution in [0.5, 0.6) is 5.75 Å². The maximum Gasteiger partial charge on any atom is 0.343 e. The summed E-state index contributed by atoms with van der Waals surface area (Å²) in [5.41, 5.74) is 2.84. The molecule has 0 amide bonds. The first kappa shape index (κ1) is 14.2. The van der Waals surface area contributed by atoms with Gasteiger partial charge in [0.05, 0.1) is 12.8 Å². The lowest BCUT2D eigenvalue weighted by molar-refractivity contribution is 0.0594. The first-order valence-electron chi connectivity index (χ1n) is 5.88. The van der Waals surface area contributed by atoms with Crippen molar-refractivity contribution in [2.24, 2.45) is 0 Å². The Kier molecular flexibility index (Phi) is 4.89. The van der Waals surface area contributed by atoms with Crippen LogP contribution in [0, 0.1) is 13.8 Å². The van der Waals surface area contributed by atoms with Crippen molar-refractivity contribution in [3.8, 4) is 5.75 Å². The van der Waals surface area contributed by atoms with E-state index in [2.05, 4.69) is 11.6 Å². The maximum absolute atomic E-state index is 11.9. The second-order valence-corrected chi connectivity index (χ2v) is 3.92. The van der Waals surface area contributed by atoms with Crippen LogP contribution in [0.3, 0.4) is 0 Å². The van der Waals surface area contributed by atoms with Gasteiger partial charge in [-0.25, -0.2) is 4.79 Å². The Balaban J connectivity index is 3.44. The average Bonchev–Trinajstić information content (AvgIpc) is 2.38. The number of hydrogen-bond donors (Lipinski definition) is 0. The fourth-order valence-corrected chi connectivity index (χ4v) is 1.72. The second kappa shape index (κ2) is 6.19. The highest BCUT2D eigenvalue weighted by atomic mass is 16.5. The molecule has 0 fully saturated rings. The minimum Gasteiger partial charge on any atom is -0.488 e. The van der Waals surface area contributed by atoms with Gasteiger partial charge in [0, 0.05) is 11.3 Å². The van der Waals surface area contributed by atoms with Crippen molar-refractivity contribution in [1.29, 1.82) is 0 Å². The third-order valence-corrected chi connectivity index (χ3v) is 2.77. The smallest absolute Gasteiger partial charge is 0.343 e. The number of ether oxygens (including phenoxy) is 2. The Bertz CT molecular complexity index is 467. The molecular weight excluding hydrogens is 230 g/mol. The van der Waals surface area contributed by atoms with Crippen LogP contribution in [-0.4, -0.2) is 24.7 Å². The van der Waals surface area contributed by atoms with Crippen molar-refractivity contribution in [2.75, 3.05) is 13.7 Å². The largest absolute Gasteiger partial charge is 0.488 e. The Morgan fingerprint density at radius 1 is 1.44 bits per heavy atom. The zero-order valence-electron chi connectivity index (χ0n) is 11.4. The van der Waals surface area contributed by atoms with Gasteiger partial charge in [0.15, 0.2) is 0 Å². The predicted octanol–water partition coefficient (Wildman–Crippen LogP) is 2.61. The molecule has 0 saturated heterocycles. The molecule has 0 aliphatic carbocycles. The van der Waals surface area contributed by atoms with Gasteiger partial charge in [-0.3, -0.25) is 4.98 Å². The molecule has 1 heterocycles. The molecule has 0 aliphatic rings. The zero-order valence-corrected chi connectivity index (χ0v) is 11.4. The number of carbonyl (C=O) groups excluding carboxylic acids is 1. The number of aryl methyl sites for hydroxylation is 2. The van der Waals surface area contributed by atoms with Gasteiger partial charge in [-0.2, -0.15) is 0 Å². The van der Waals surface area contributed by atoms with E-state index in [0.29, 0.717) is 30.0 Å². The number of esters is 1. The summed E-state index contributed by atoms with van der Waals surface area (Å²) in [6.45, 7) is 9.68. The summed E-state index contributed by atoms with van der Waals surface area (Å²) in [4.78, 5) is 16.3. The predicted molar refractivity (Wildman–Crippen MR) is 70.1 cm³/mol. The SMILES string of the molecule is C=CCOc1c(C)c(C)nc(CC)c1C(=O)OC. The molecule has 0 spiro atoms. The Morgan fingerprint density at radius 3 is 2.61 bits per heavy atom. The average molecular weight is 249 g/mol. The number of methoxy groups -OCH3 is 1. The number of hydrogen-bond acceptors (Lipinski definition) is 4. The lowest BCUT2D eigenvalue weighted by Gasteiger charge is -2.16. The van der Waals surface area contributed by atoms with Crippen LogP contribution >= 0.6 is 0 Å². The summed E-state index contributed by atoms with van der Waals surface area (Å²) in [7, 11) is 1.36. The fourth-order valence-electron chi connectivity index (χ4n) is 1.72. The lowest BCUT2D eigenvalue weighted by Crippen LogP contribution is -2.13. The second-order valence-electron chi connectivity index (χ2n) is 3.92. The van der Waals surface area contributed by atoms with Crippen LogP contribution in [0.25, 0.3) is 0 Å². The van der Waals surface area contributed by atoms with Gasteiger partial charge in [0.1, 0.15) is 17.9 Å². The van der Waals surface area contributed by atoms with Gasteiger partial charge in [0.25, 0.3) is 0 Å². The van der Waals surface area contributed by atoms with E-state index in [-0.39, 0.29) is 0 Å². The quantitative estimate of drug-likeness (QED) is 0.594. The maximum atomic E-state index is 11.9. The molecule has 1 aromatic rings. The molecular formula is C14H19NO3. The highest BCUT2D eigenvalue weighted by molar-refractivity contribution is 5.94. The van der Waals surface area contributed by atoms with E-state index in [4.69, 9.17) is 9.47 Å². The van der Waals surface area contributed by atoms with Gasteiger partial charge in [-0.15, -0.1) is 0 Å². The molecule has 0 atom stereocenters. The molecule has 0 bridgehead atoms. The topological polar surface area (TPSA) is 48.4 Å². The molecule has 1 aromatic heterocycles. The molecule has 18 heavy (non-hydrogen) atoms. The van der Waals surface area contributed by atoms with E-state index < -0.39 is 5.97 Å². The molecule has 0 saturated carbocycles. The van der Waals surface area contributed by atoms with Crippen molar-refractivity contribution in [1.82, 2.24) is 4.98 Å². The number of pyridine rings is 1. The molecule has 4 heteroatoms. The third kappa shape index (κ3) is 2.70. The van der Waals surface area contributed by atoms with Crippen LogP contribution in [0.1, 0.15) is 34.2 Å². The summed E-state index contributed by atoms with van der Waals surface area (Å²) in [6.07, 6.45) is 2.29. The minimum atomic E-state index is -0.415. The normalized spacial score (nSPS) is 10.0. The number of nitrogens with zero attached hydrogens (tertiary/aromatic N) is 1. The molecule has 1 rings (SSSR count).